The van der Waals surface area contributed by atoms with Gasteiger partial charge >= 0.3 is 6.18 Å². The van der Waals surface area contributed by atoms with Crippen molar-refractivity contribution >= 4 is 27.3 Å². The Hall–Kier alpha value is -1.28. The van der Waals surface area contributed by atoms with E-state index >= 15 is 0 Å². The molecule has 0 saturated carbocycles. The molecule has 0 aliphatic rings. The predicted molar refractivity (Wildman–Crippen MR) is 72.7 cm³/mol. The minimum atomic E-state index is -4.70. The Morgan fingerprint density at radius 2 is 1.81 bits per heavy atom. The summed E-state index contributed by atoms with van der Waals surface area (Å²) in [6.07, 6.45) is -4.33. The van der Waals surface area contributed by atoms with Crippen LogP contribution in [0.15, 0.2) is 24.3 Å². The maximum Gasteiger partial charge on any atom is 0.412 e. The van der Waals surface area contributed by atoms with Gasteiger partial charge in [-0.15, -0.1) is 0 Å². The van der Waals surface area contributed by atoms with Crippen LogP contribution in [0.4, 0.5) is 13.2 Å². The lowest BCUT2D eigenvalue weighted by Gasteiger charge is -2.22. The van der Waals surface area contributed by atoms with Crippen molar-refractivity contribution in [1.82, 2.24) is 5.32 Å². The lowest BCUT2D eigenvalue weighted by Crippen LogP contribution is -2.38. The van der Waals surface area contributed by atoms with Crippen LogP contribution in [-0.2, 0) is 14.6 Å². The van der Waals surface area contributed by atoms with Crippen LogP contribution < -0.4 is 5.32 Å². The van der Waals surface area contributed by atoms with Gasteiger partial charge < -0.3 is 5.32 Å². The van der Waals surface area contributed by atoms with Crippen molar-refractivity contribution < 1.29 is 26.4 Å². The Kier molecular flexibility index (Phi) is 5.63. The van der Waals surface area contributed by atoms with E-state index in [2.05, 4.69) is 0 Å². The number of nitrogens with one attached hydrogen (secondary N) is 1. The Balaban J connectivity index is 2.85. The summed E-state index contributed by atoms with van der Waals surface area (Å²) < 4.78 is 60.7. The lowest BCUT2D eigenvalue weighted by molar-refractivity contribution is -0.163. The summed E-state index contributed by atoms with van der Waals surface area (Å²) in [6.45, 7) is 0. The van der Waals surface area contributed by atoms with Gasteiger partial charge in [0.15, 0.2) is 6.04 Å². The molecule has 1 rings (SSSR count). The van der Waals surface area contributed by atoms with Gasteiger partial charge in [-0.25, -0.2) is 8.42 Å². The second kappa shape index (κ2) is 6.65. The Morgan fingerprint density at radius 1 is 1.29 bits per heavy atom. The van der Waals surface area contributed by atoms with E-state index in [1.165, 1.54) is 12.1 Å². The molecule has 0 spiro atoms. The highest BCUT2D eigenvalue weighted by atomic mass is 35.5. The lowest BCUT2D eigenvalue weighted by atomic mass is 10.1. The van der Waals surface area contributed by atoms with Crippen LogP contribution in [-0.4, -0.2) is 32.5 Å². The number of hydrogen-bond acceptors (Lipinski definition) is 3. The van der Waals surface area contributed by atoms with Gasteiger partial charge in [0.05, 0.1) is 5.75 Å². The third-order valence-corrected chi connectivity index (χ3v) is 3.73. The highest BCUT2D eigenvalue weighted by molar-refractivity contribution is 7.90. The van der Waals surface area contributed by atoms with E-state index in [1.54, 1.807) is 5.32 Å². The van der Waals surface area contributed by atoms with Crippen molar-refractivity contribution in [2.24, 2.45) is 0 Å². The number of carbonyl (C=O) groups excluding carboxylic acids is 1. The minimum Gasteiger partial charge on any atom is -0.341 e. The molecule has 0 aromatic heterocycles. The van der Waals surface area contributed by atoms with Gasteiger partial charge in [-0.1, -0.05) is 23.7 Å². The first-order valence-electron chi connectivity index (χ1n) is 5.78. The Labute approximate surface area is 125 Å². The molecule has 0 bridgehead atoms. The molecular weight excluding hydrogens is 331 g/mol. The summed E-state index contributed by atoms with van der Waals surface area (Å²) >= 11 is 5.60. The highest BCUT2D eigenvalue weighted by Crippen LogP contribution is 2.33. The largest absolute Gasteiger partial charge is 0.412 e. The van der Waals surface area contributed by atoms with E-state index < -0.39 is 40.1 Å². The molecule has 1 amide bonds. The average molecular weight is 344 g/mol. The van der Waals surface area contributed by atoms with Gasteiger partial charge in [-0.2, -0.15) is 13.2 Å². The molecule has 1 aromatic rings. The normalized spacial score (nSPS) is 13.8. The maximum atomic E-state index is 13.0. The van der Waals surface area contributed by atoms with Crippen LogP contribution in [0.5, 0.6) is 0 Å². The first-order valence-corrected chi connectivity index (χ1v) is 8.22. The number of rotatable bonds is 5. The fraction of sp³-hybridized carbons (Fsp3) is 0.417. The fourth-order valence-electron chi connectivity index (χ4n) is 1.52. The number of amides is 1. The van der Waals surface area contributed by atoms with E-state index in [1.807, 2.05) is 0 Å². The maximum absolute atomic E-state index is 13.0. The monoisotopic (exact) mass is 343 g/mol. The third-order valence-electron chi connectivity index (χ3n) is 2.54. The number of carbonyl (C=O) groups is 1. The van der Waals surface area contributed by atoms with Gasteiger partial charge in [0, 0.05) is 17.7 Å². The molecule has 0 saturated heterocycles. The quantitative estimate of drug-likeness (QED) is 0.893. The zero-order valence-electron chi connectivity index (χ0n) is 10.9. The topological polar surface area (TPSA) is 63.2 Å². The van der Waals surface area contributed by atoms with Crippen LogP contribution in [0.25, 0.3) is 0 Å². The summed E-state index contributed by atoms with van der Waals surface area (Å²) in [4.78, 5) is 11.5. The molecule has 0 aliphatic carbocycles. The number of sulfone groups is 1. The molecule has 21 heavy (non-hydrogen) atoms. The molecule has 0 radical (unpaired) electrons. The standard InChI is InChI=1S/C12H13ClF3NO3S/c1-21(19,20)7-6-10(18)17-11(12(14,15)16)8-2-4-9(13)5-3-8/h2-5,11H,6-7H2,1H3,(H,17,18)/t11-/m1/s1. The van der Waals surface area contributed by atoms with Crippen LogP contribution in [0.2, 0.25) is 5.02 Å². The Morgan fingerprint density at radius 3 is 2.24 bits per heavy atom. The van der Waals surface area contributed by atoms with Gasteiger partial charge in [0.1, 0.15) is 9.84 Å². The second-order valence-corrected chi connectivity index (χ2v) is 7.17. The smallest absolute Gasteiger partial charge is 0.341 e. The van der Waals surface area contributed by atoms with Crippen LogP contribution in [0.1, 0.15) is 18.0 Å². The summed E-state index contributed by atoms with van der Waals surface area (Å²) in [5.74, 6) is -1.50. The molecule has 118 valence electrons. The SMILES string of the molecule is CS(=O)(=O)CCC(=O)N[C@H](c1ccc(Cl)cc1)C(F)(F)F. The molecule has 4 nitrogen and oxygen atoms in total. The molecule has 1 N–H and O–H groups in total. The van der Waals surface area contributed by atoms with Gasteiger partial charge in [0.2, 0.25) is 5.91 Å². The molecule has 0 heterocycles. The average Bonchev–Trinajstić information content (AvgIpc) is 2.32. The van der Waals surface area contributed by atoms with Gasteiger partial charge in [0.25, 0.3) is 0 Å². The molecule has 0 aliphatic heterocycles. The number of hydrogen-bond donors (Lipinski definition) is 1. The van der Waals surface area contributed by atoms with E-state index in [-0.39, 0.29) is 10.6 Å². The number of alkyl halides is 3. The third kappa shape index (κ3) is 6.34. The van der Waals surface area contributed by atoms with Gasteiger partial charge in [-0.05, 0) is 17.7 Å². The van der Waals surface area contributed by atoms with E-state index in [0.29, 0.717) is 0 Å². The first-order chi connectivity index (χ1) is 9.49. The van der Waals surface area contributed by atoms with Crippen molar-refractivity contribution in [2.75, 3.05) is 12.0 Å². The summed E-state index contributed by atoms with van der Waals surface area (Å²) in [5.41, 5.74) is -0.181. The van der Waals surface area contributed by atoms with Crippen LogP contribution >= 0.6 is 11.6 Å². The highest BCUT2D eigenvalue weighted by Gasteiger charge is 2.41. The van der Waals surface area contributed by atoms with E-state index in [0.717, 1.165) is 18.4 Å². The molecular formula is C12H13ClF3NO3S. The van der Waals surface area contributed by atoms with Crippen molar-refractivity contribution in [3.63, 3.8) is 0 Å². The number of benzene rings is 1. The zero-order chi connectivity index (χ0) is 16.3. The van der Waals surface area contributed by atoms with E-state index in [9.17, 15) is 26.4 Å². The summed E-state index contributed by atoms with van der Waals surface area (Å²) in [5, 5.41) is 2.06. The summed E-state index contributed by atoms with van der Waals surface area (Å²) in [6, 6.07) is 2.65. The molecule has 1 atom stereocenters. The molecule has 0 unspecified atom stereocenters. The van der Waals surface area contributed by atoms with Crippen LogP contribution in [0.3, 0.4) is 0 Å². The summed E-state index contributed by atoms with van der Waals surface area (Å²) in [7, 11) is -3.42. The van der Waals surface area contributed by atoms with Crippen molar-refractivity contribution in [3.8, 4) is 0 Å². The van der Waals surface area contributed by atoms with Crippen molar-refractivity contribution in [3.05, 3.63) is 34.9 Å². The predicted octanol–water partition coefficient (Wildman–Crippen LogP) is 2.49. The Bertz CT molecular complexity index is 599. The molecule has 0 fully saturated rings. The van der Waals surface area contributed by atoms with Crippen molar-refractivity contribution in [1.29, 1.82) is 0 Å². The van der Waals surface area contributed by atoms with Crippen molar-refractivity contribution in [2.45, 2.75) is 18.6 Å². The fourth-order valence-corrected chi connectivity index (χ4v) is 2.20. The molecule has 1 aromatic carbocycles. The van der Waals surface area contributed by atoms with Gasteiger partial charge in [-0.3, -0.25) is 4.79 Å². The number of halogens is 4. The van der Waals surface area contributed by atoms with E-state index in [4.69, 9.17) is 11.6 Å². The minimum absolute atomic E-state index is 0.181. The second-order valence-electron chi connectivity index (χ2n) is 4.47. The molecule has 9 heteroatoms. The first kappa shape index (κ1) is 17.8. The van der Waals surface area contributed by atoms with Crippen LogP contribution in [0, 0.1) is 0 Å². The zero-order valence-corrected chi connectivity index (χ0v) is 12.5.